The molecule has 2 aromatic rings. The molecular weight excluding hydrogens is 304 g/mol. The Labute approximate surface area is 134 Å². The second kappa shape index (κ2) is 10.6. The monoisotopic (exact) mass is 328 g/mol. The van der Waals surface area contributed by atoms with Crippen molar-refractivity contribution in [3.8, 4) is 0 Å². The van der Waals surface area contributed by atoms with E-state index in [1.54, 1.807) is 28.5 Å². The highest BCUT2D eigenvalue weighted by atomic mass is 32.1. The zero-order valence-corrected chi connectivity index (χ0v) is 14.4. The van der Waals surface area contributed by atoms with E-state index in [0.29, 0.717) is 0 Å². The summed E-state index contributed by atoms with van der Waals surface area (Å²) >= 11 is 2.93. The molecule has 0 unspecified atom stereocenters. The molecule has 0 aliphatic rings. The molecule has 2 rings (SSSR count). The molecule has 0 spiro atoms. The van der Waals surface area contributed by atoms with Gasteiger partial charge in [-0.2, -0.15) is 0 Å². The van der Waals surface area contributed by atoms with Crippen LogP contribution in [0.3, 0.4) is 0 Å². The summed E-state index contributed by atoms with van der Waals surface area (Å²) < 4.78 is 3.40. The van der Waals surface area contributed by atoms with Gasteiger partial charge in [0.15, 0.2) is 0 Å². The second-order valence-electron chi connectivity index (χ2n) is 4.86. The lowest BCUT2D eigenvalue weighted by atomic mass is 10.1. The maximum Gasteiger partial charge on any atom is 0.260 e. The number of nitrogens with zero attached hydrogens (tertiary/aromatic N) is 2. The summed E-state index contributed by atoms with van der Waals surface area (Å²) in [5, 5.41) is 3.63. The molecular formula is C15H24N2O2S2. The fraction of sp³-hybridized carbons (Fsp3) is 0.600. The van der Waals surface area contributed by atoms with E-state index in [9.17, 15) is 9.59 Å². The summed E-state index contributed by atoms with van der Waals surface area (Å²) in [4.78, 5) is 21.6. The lowest BCUT2D eigenvalue weighted by Gasteiger charge is -2.00. The predicted octanol–water partition coefficient (Wildman–Crippen LogP) is 3.72. The summed E-state index contributed by atoms with van der Waals surface area (Å²) in [6, 6.07) is 3.19. The van der Waals surface area contributed by atoms with E-state index in [2.05, 4.69) is 6.92 Å². The molecule has 0 aliphatic carbocycles. The van der Waals surface area contributed by atoms with Crippen molar-refractivity contribution >= 4 is 23.1 Å². The maximum absolute atomic E-state index is 11.2. The van der Waals surface area contributed by atoms with Crippen LogP contribution in [0.4, 0.5) is 0 Å². The van der Waals surface area contributed by atoms with Gasteiger partial charge in [0.1, 0.15) is 0 Å². The fourth-order valence-corrected chi connectivity index (χ4v) is 3.08. The van der Waals surface area contributed by atoms with E-state index >= 15 is 0 Å². The highest BCUT2D eigenvalue weighted by molar-refractivity contribution is 7.04. The first-order valence-corrected chi connectivity index (χ1v) is 9.08. The zero-order chi connectivity index (χ0) is 15.5. The molecule has 0 fully saturated rings. The number of hydrogen-bond donors (Lipinski definition) is 0. The van der Waals surface area contributed by atoms with E-state index < -0.39 is 0 Å². The minimum absolute atomic E-state index is 0.0741. The van der Waals surface area contributed by atoms with Crippen molar-refractivity contribution in [2.45, 2.75) is 52.0 Å². The van der Waals surface area contributed by atoms with Crippen LogP contribution < -0.4 is 11.1 Å². The largest absolute Gasteiger partial charge is 0.268 e. The Hall–Kier alpha value is -1.14. The van der Waals surface area contributed by atoms with Gasteiger partial charge < -0.3 is 0 Å². The lowest BCUT2D eigenvalue weighted by molar-refractivity contribution is 0.569. The van der Waals surface area contributed by atoms with Crippen LogP contribution in [0.1, 0.15) is 45.4 Å². The van der Waals surface area contributed by atoms with Crippen LogP contribution in [0, 0.1) is 0 Å². The molecule has 0 amide bonds. The Kier molecular flexibility index (Phi) is 9.01. The standard InChI is InChI=1S/C11H19NOS.C4H5NOS/c1-2-3-4-5-6-7-9-12-11(13)8-10-14-12;1-5-4(6)2-3-7-5/h8,10H,2-7,9H2,1H3;2-3H,1H3. The van der Waals surface area contributed by atoms with E-state index in [1.807, 2.05) is 9.34 Å². The van der Waals surface area contributed by atoms with Crippen molar-refractivity contribution < 1.29 is 0 Å². The van der Waals surface area contributed by atoms with Crippen LogP contribution in [0.2, 0.25) is 0 Å². The van der Waals surface area contributed by atoms with Gasteiger partial charge in [-0.3, -0.25) is 17.5 Å². The molecule has 6 heteroatoms. The Morgan fingerprint density at radius 2 is 1.52 bits per heavy atom. The van der Waals surface area contributed by atoms with Crippen LogP contribution >= 0.6 is 23.1 Å². The van der Waals surface area contributed by atoms with Crippen LogP contribution in [-0.2, 0) is 13.6 Å². The summed E-state index contributed by atoms with van der Waals surface area (Å²) in [5.41, 5.74) is 0.230. The van der Waals surface area contributed by atoms with Crippen LogP contribution in [0.25, 0.3) is 0 Å². The topological polar surface area (TPSA) is 44.0 Å². The average molecular weight is 329 g/mol. The van der Waals surface area contributed by atoms with E-state index in [-0.39, 0.29) is 11.1 Å². The first kappa shape index (κ1) is 17.9. The van der Waals surface area contributed by atoms with Gasteiger partial charge in [0, 0.05) is 36.5 Å². The molecule has 0 saturated carbocycles. The number of aromatic nitrogens is 2. The minimum atomic E-state index is 0.0741. The summed E-state index contributed by atoms with van der Waals surface area (Å²) in [6.45, 7) is 3.13. The number of rotatable bonds is 7. The molecule has 21 heavy (non-hydrogen) atoms. The minimum Gasteiger partial charge on any atom is -0.268 e. The molecule has 2 heterocycles. The Morgan fingerprint density at radius 1 is 0.905 bits per heavy atom. The summed E-state index contributed by atoms with van der Waals surface area (Å²) in [7, 11) is 1.74. The van der Waals surface area contributed by atoms with Crippen molar-refractivity contribution in [1.82, 2.24) is 7.91 Å². The fourth-order valence-electron chi connectivity index (χ4n) is 1.83. The van der Waals surface area contributed by atoms with Gasteiger partial charge in [-0.25, -0.2) is 0 Å². The van der Waals surface area contributed by atoms with E-state index in [1.165, 1.54) is 55.2 Å². The molecule has 118 valence electrons. The van der Waals surface area contributed by atoms with Crippen molar-refractivity contribution in [2.75, 3.05) is 0 Å². The van der Waals surface area contributed by atoms with Gasteiger partial charge in [0.2, 0.25) is 0 Å². The Bertz CT molecular complexity index is 595. The number of unbranched alkanes of at least 4 members (excludes halogenated alkanes) is 5. The predicted molar refractivity (Wildman–Crippen MR) is 91.5 cm³/mol. The Balaban J connectivity index is 0.000000262. The first-order valence-electron chi connectivity index (χ1n) is 7.41. The normalized spacial score (nSPS) is 10.2. The van der Waals surface area contributed by atoms with Gasteiger partial charge in [-0.1, -0.05) is 62.1 Å². The molecule has 0 aliphatic heterocycles. The Morgan fingerprint density at radius 3 is 2.00 bits per heavy atom. The van der Waals surface area contributed by atoms with Crippen molar-refractivity contribution in [2.24, 2.45) is 7.05 Å². The van der Waals surface area contributed by atoms with Crippen LogP contribution in [-0.4, -0.2) is 7.91 Å². The number of aryl methyl sites for hydroxylation is 2. The second-order valence-corrected chi connectivity index (χ2v) is 6.81. The number of hydrogen-bond acceptors (Lipinski definition) is 4. The molecule has 0 bridgehead atoms. The molecule has 2 aromatic heterocycles. The summed E-state index contributed by atoms with van der Waals surface area (Å²) in [5.74, 6) is 0. The average Bonchev–Trinajstić information content (AvgIpc) is 3.04. The van der Waals surface area contributed by atoms with Crippen molar-refractivity contribution in [3.63, 3.8) is 0 Å². The first-order chi connectivity index (χ1) is 10.1. The van der Waals surface area contributed by atoms with Crippen molar-refractivity contribution in [1.29, 1.82) is 0 Å². The van der Waals surface area contributed by atoms with Gasteiger partial charge in [0.25, 0.3) is 11.1 Å². The lowest BCUT2D eigenvalue weighted by Crippen LogP contribution is -2.11. The maximum atomic E-state index is 11.2. The van der Waals surface area contributed by atoms with Crippen LogP contribution in [0.5, 0.6) is 0 Å². The van der Waals surface area contributed by atoms with E-state index in [0.717, 1.165) is 13.0 Å². The molecule has 4 nitrogen and oxygen atoms in total. The molecule has 0 aromatic carbocycles. The smallest absolute Gasteiger partial charge is 0.260 e. The van der Waals surface area contributed by atoms with Crippen molar-refractivity contribution in [3.05, 3.63) is 43.6 Å². The third kappa shape index (κ3) is 7.43. The third-order valence-electron chi connectivity index (χ3n) is 3.10. The quantitative estimate of drug-likeness (QED) is 0.727. The SMILES string of the molecule is CCCCCCCCn1sccc1=O.Cn1sccc1=O. The zero-order valence-electron chi connectivity index (χ0n) is 12.8. The molecule has 0 radical (unpaired) electrons. The van der Waals surface area contributed by atoms with Crippen LogP contribution in [0.15, 0.2) is 32.5 Å². The highest BCUT2D eigenvalue weighted by Gasteiger charge is 1.96. The molecule has 0 N–H and O–H groups in total. The highest BCUT2D eigenvalue weighted by Crippen LogP contribution is 2.06. The molecule has 0 saturated heterocycles. The van der Waals surface area contributed by atoms with Gasteiger partial charge >= 0.3 is 0 Å². The molecule has 0 atom stereocenters. The van der Waals surface area contributed by atoms with Gasteiger partial charge in [-0.15, -0.1) is 0 Å². The summed E-state index contributed by atoms with van der Waals surface area (Å²) in [6.07, 6.45) is 7.70. The van der Waals surface area contributed by atoms with Gasteiger partial charge in [-0.05, 0) is 6.42 Å². The van der Waals surface area contributed by atoms with Gasteiger partial charge in [0.05, 0.1) is 0 Å². The van der Waals surface area contributed by atoms with E-state index in [4.69, 9.17) is 0 Å². The third-order valence-corrected chi connectivity index (χ3v) is 4.73.